The topological polar surface area (TPSA) is 27.7 Å². The maximum Gasteiger partial charge on any atom is 0.463 e. The first-order valence-corrected chi connectivity index (χ1v) is 8.08. The Hall–Kier alpha value is -1.57. The van der Waals surface area contributed by atoms with Crippen molar-refractivity contribution in [2.45, 2.75) is 33.8 Å². The van der Waals surface area contributed by atoms with Crippen LogP contribution in [0.4, 0.5) is 0 Å². The number of rotatable bonds is 6. The van der Waals surface area contributed by atoms with Gasteiger partial charge in [0.2, 0.25) is 0 Å². The van der Waals surface area contributed by atoms with Crippen LogP contribution in [-0.2, 0) is 4.52 Å². The van der Waals surface area contributed by atoms with E-state index in [1.807, 2.05) is 76.2 Å². The Balaban J connectivity index is 2.06. The number of hydrogen-bond donors (Lipinski definition) is 0. The molecule has 0 saturated heterocycles. The summed E-state index contributed by atoms with van der Waals surface area (Å²) in [7, 11) is -1.47. The lowest BCUT2D eigenvalue weighted by Gasteiger charge is -2.19. The van der Waals surface area contributed by atoms with Gasteiger partial charge in [-0.05, 0) is 52.0 Å². The molecule has 0 atom stereocenters. The van der Waals surface area contributed by atoms with Crippen molar-refractivity contribution >= 4 is 8.60 Å². The second-order valence-electron chi connectivity index (χ2n) is 5.19. The van der Waals surface area contributed by atoms with E-state index in [-0.39, 0.29) is 6.10 Å². The number of benzene rings is 2. The van der Waals surface area contributed by atoms with Crippen LogP contribution in [0.15, 0.2) is 48.5 Å². The van der Waals surface area contributed by atoms with Crippen molar-refractivity contribution < 1.29 is 13.6 Å². The third kappa shape index (κ3) is 5.37. The molecule has 2 rings (SSSR count). The molecule has 0 N–H and O–H groups in total. The van der Waals surface area contributed by atoms with Crippen molar-refractivity contribution in [3.8, 4) is 11.5 Å². The van der Waals surface area contributed by atoms with Crippen molar-refractivity contribution in [1.29, 1.82) is 0 Å². The Morgan fingerprint density at radius 3 is 1.43 bits per heavy atom. The quantitative estimate of drug-likeness (QED) is 0.667. The van der Waals surface area contributed by atoms with E-state index >= 15 is 0 Å². The molecule has 0 aliphatic heterocycles. The SMILES string of the molecule is Cc1ccc(OP(Oc2ccc(C)cc2)OC(C)C)cc1. The van der Waals surface area contributed by atoms with Crippen LogP contribution in [0.2, 0.25) is 0 Å². The summed E-state index contributed by atoms with van der Waals surface area (Å²) in [5, 5.41) is 0. The summed E-state index contributed by atoms with van der Waals surface area (Å²) in [6.45, 7) is 8.01. The van der Waals surface area contributed by atoms with Crippen LogP contribution in [-0.4, -0.2) is 6.10 Å². The maximum atomic E-state index is 5.83. The van der Waals surface area contributed by atoms with Gasteiger partial charge >= 0.3 is 8.60 Å². The molecule has 2 aromatic carbocycles. The van der Waals surface area contributed by atoms with E-state index in [0.717, 1.165) is 11.5 Å². The molecule has 0 radical (unpaired) electrons. The third-order valence-corrected chi connectivity index (χ3v) is 4.01. The van der Waals surface area contributed by atoms with Gasteiger partial charge in [0.25, 0.3) is 0 Å². The van der Waals surface area contributed by atoms with E-state index in [2.05, 4.69) is 0 Å². The Bertz CT molecular complexity index is 502. The molecule has 2 aromatic rings. The largest absolute Gasteiger partial charge is 0.463 e. The van der Waals surface area contributed by atoms with Crippen LogP contribution in [0, 0.1) is 13.8 Å². The van der Waals surface area contributed by atoms with Crippen molar-refractivity contribution in [3.63, 3.8) is 0 Å². The van der Waals surface area contributed by atoms with Gasteiger partial charge in [-0.15, -0.1) is 0 Å². The van der Waals surface area contributed by atoms with Gasteiger partial charge in [0.1, 0.15) is 11.5 Å². The normalized spacial score (nSPS) is 11.0. The van der Waals surface area contributed by atoms with E-state index in [9.17, 15) is 0 Å². The molecular formula is C17H21O3P. The zero-order valence-electron chi connectivity index (χ0n) is 12.9. The van der Waals surface area contributed by atoms with Crippen molar-refractivity contribution in [1.82, 2.24) is 0 Å². The summed E-state index contributed by atoms with van der Waals surface area (Å²) in [4.78, 5) is 0. The smallest absolute Gasteiger partial charge is 0.418 e. The molecule has 0 aromatic heterocycles. The lowest BCUT2D eigenvalue weighted by Crippen LogP contribution is -2.05. The third-order valence-electron chi connectivity index (χ3n) is 2.70. The van der Waals surface area contributed by atoms with E-state index in [0.29, 0.717) is 0 Å². The zero-order valence-corrected chi connectivity index (χ0v) is 13.8. The highest BCUT2D eigenvalue weighted by Crippen LogP contribution is 2.42. The predicted octanol–water partition coefficient (Wildman–Crippen LogP) is 5.41. The number of hydrogen-bond acceptors (Lipinski definition) is 3. The van der Waals surface area contributed by atoms with Gasteiger partial charge in [0.15, 0.2) is 0 Å². The van der Waals surface area contributed by atoms with Gasteiger partial charge in [-0.25, -0.2) is 0 Å². The molecule has 21 heavy (non-hydrogen) atoms. The van der Waals surface area contributed by atoms with E-state index < -0.39 is 8.60 Å². The summed E-state index contributed by atoms with van der Waals surface area (Å²) in [6.07, 6.45) is 0.0343. The highest BCUT2D eigenvalue weighted by atomic mass is 31.2. The molecule has 0 heterocycles. The Morgan fingerprint density at radius 1 is 0.714 bits per heavy atom. The fraction of sp³-hybridized carbons (Fsp3) is 0.294. The molecule has 3 nitrogen and oxygen atoms in total. The molecule has 0 aliphatic rings. The molecular weight excluding hydrogens is 283 g/mol. The lowest BCUT2D eigenvalue weighted by atomic mass is 10.2. The maximum absolute atomic E-state index is 5.83. The highest BCUT2D eigenvalue weighted by Gasteiger charge is 2.19. The summed E-state index contributed by atoms with van der Waals surface area (Å²) in [5.74, 6) is 1.50. The van der Waals surface area contributed by atoms with Gasteiger partial charge in [-0.1, -0.05) is 35.4 Å². The van der Waals surface area contributed by atoms with Crippen molar-refractivity contribution in [3.05, 3.63) is 59.7 Å². The molecule has 0 spiro atoms. The Morgan fingerprint density at radius 2 is 1.10 bits per heavy atom. The van der Waals surface area contributed by atoms with Crippen molar-refractivity contribution in [2.24, 2.45) is 0 Å². The second-order valence-corrected chi connectivity index (χ2v) is 6.21. The molecule has 0 aliphatic carbocycles. The first-order valence-electron chi connectivity index (χ1n) is 6.99. The van der Waals surface area contributed by atoms with Crippen LogP contribution in [0.3, 0.4) is 0 Å². The van der Waals surface area contributed by atoms with E-state index in [1.54, 1.807) is 0 Å². The van der Waals surface area contributed by atoms with Gasteiger partial charge in [0.05, 0.1) is 6.10 Å². The highest BCUT2D eigenvalue weighted by molar-refractivity contribution is 7.42. The minimum atomic E-state index is -1.47. The molecule has 112 valence electrons. The summed E-state index contributed by atoms with van der Waals surface area (Å²) in [5.41, 5.74) is 2.38. The monoisotopic (exact) mass is 304 g/mol. The van der Waals surface area contributed by atoms with Crippen LogP contribution in [0.5, 0.6) is 11.5 Å². The second kappa shape index (κ2) is 7.44. The van der Waals surface area contributed by atoms with Crippen LogP contribution >= 0.6 is 8.60 Å². The fourth-order valence-electron chi connectivity index (χ4n) is 1.60. The van der Waals surface area contributed by atoms with E-state index in [1.165, 1.54) is 11.1 Å². The van der Waals surface area contributed by atoms with Gasteiger partial charge < -0.3 is 9.05 Å². The first kappa shape index (κ1) is 15.8. The standard InChI is InChI=1S/C17H21O3P/c1-13(2)18-21(19-16-9-5-14(3)6-10-16)20-17-11-7-15(4)8-12-17/h5-13H,1-4H3. The van der Waals surface area contributed by atoms with Crippen LogP contribution in [0.1, 0.15) is 25.0 Å². The predicted molar refractivity (Wildman–Crippen MR) is 86.8 cm³/mol. The fourth-order valence-corrected chi connectivity index (χ4v) is 2.66. The molecule has 0 amide bonds. The van der Waals surface area contributed by atoms with Crippen LogP contribution in [0.25, 0.3) is 0 Å². The average molecular weight is 304 g/mol. The first-order chi connectivity index (χ1) is 10.0. The van der Waals surface area contributed by atoms with E-state index in [4.69, 9.17) is 13.6 Å². The molecule has 0 bridgehead atoms. The molecule has 0 saturated carbocycles. The van der Waals surface area contributed by atoms with Gasteiger partial charge in [0, 0.05) is 0 Å². The van der Waals surface area contributed by atoms with Crippen LogP contribution < -0.4 is 9.05 Å². The molecule has 0 fully saturated rings. The zero-order chi connectivity index (χ0) is 15.2. The summed E-state index contributed by atoms with van der Waals surface area (Å²) < 4.78 is 17.4. The number of aryl methyl sites for hydroxylation is 2. The lowest BCUT2D eigenvalue weighted by molar-refractivity contribution is 0.209. The average Bonchev–Trinajstić information content (AvgIpc) is 2.43. The minimum Gasteiger partial charge on any atom is -0.418 e. The Labute approximate surface area is 127 Å². The van der Waals surface area contributed by atoms with Gasteiger partial charge in [-0.3, -0.25) is 4.52 Å². The molecule has 0 unspecified atom stereocenters. The van der Waals surface area contributed by atoms with Gasteiger partial charge in [-0.2, -0.15) is 0 Å². The van der Waals surface area contributed by atoms with Crippen molar-refractivity contribution in [2.75, 3.05) is 0 Å². The molecule has 4 heteroatoms. The minimum absolute atomic E-state index is 0.0343. The summed E-state index contributed by atoms with van der Waals surface area (Å²) >= 11 is 0. The Kier molecular flexibility index (Phi) is 5.60. The summed E-state index contributed by atoms with van der Waals surface area (Å²) in [6, 6.07) is 15.7.